The van der Waals surface area contributed by atoms with Crippen molar-refractivity contribution in [3.8, 4) is 0 Å². The molecular formula is C50H47F4N2O11S4+. The Morgan fingerprint density at radius 1 is 0.732 bits per heavy atom. The van der Waals surface area contributed by atoms with Gasteiger partial charge >= 0.3 is 5.97 Å². The monoisotopic (exact) mass is 1060 g/mol. The normalized spacial score (nSPS) is 16.9. The van der Waals surface area contributed by atoms with Gasteiger partial charge in [-0.1, -0.05) is 50.3 Å². The Hall–Kier alpha value is -5.68. The van der Waals surface area contributed by atoms with Crippen LogP contribution in [0, 0.1) is 23.3 Å². The number of hydrogen-bond donors (Lipinski definition) is 4. The molecule has 0 bridgehead atoms. The third-order valence-electron chi connectivity index (χ3n) is 13.3. The molecule has 21 heteroatoms. The average Bonchev–Trinajstić information content (AvgIpc) is 3.25. The highest BCUT2D eigenvalue weighted by Crippen LogP contribution is 2.49. The lowest BCUT2D eigenvalue weighted by Crippen LogP contribution is -2.50. The smallest absolute Gasteiger partial charge is 0.313 e. The van der Waals surface area contributed by atoms with Crippen LogP contribution >= 0.6 is 11.8 Å². The Balaban J connectivity index is 1.52. The van der Waals surface area contributed by atoms with Gasteiger partial charge in [0, 0.05) is 54.3 Å². The second-order valence-corrected chi connectivity index (χ2v) is 24.6. The van der Waals surface area contributed by atoms with Crippen LogP contribution in [0.2, 0.25) is 0 Å². The number of allylic oxidation sites excluding steroid dienone is 1. The van der Waals surface area contributed by atoms with Gasteiger partial charge in [-0.25, -0.2) is 22.1 Å². The lowest BCUT2D eigenvalue weighted by atomic mass is 9.67. The molecule has 0 fully saturated rings. The van der Waals surface area contributed by atoms with Crippen molar-refractivity contribution in [3.63, 3.8) is 0 Å². The Morgan fingerprint density at radius 2 is 1.35 bits per heavy atom. The van der Waals surface area contributed by atoms with E-state index in [-0.39, 0.29) is 67.7 Å². The fraction of sp³-hybridized carbons (Fsp3) is 0.280. The van der Waals surface area contributed by atoms with Crippen LogP contribution in [-0.2, 0) is 53.7 Å². The fourth-order valence-electron chi connectivity index (χ4n) is 10.1. The molecule has 13 nitrogen and oxygen atoms in total. The maximum Gasteiger partial charge on any atom is 0.313 e. The van der Waals surface area contributed by atoms with Crippen LogP contribution < -0.4 is 20.1 Å². The summed E-state index contributed by atoms with van der Waals surface area (Å²) in [6, 6.07) is 17.7. The van der Waals surface area contributed by atoms with Crippen molar-refractivity contribution in [3.05, 3.63) is 163 Å². The molecular weight excluding hydrogens is 1010 g/mol. The standard InChI is InChI=1S/C50H46F4N2O11S4/c1-26-20-48(2,3)56(23-28-10-8-9-11-39(28)71(65,66)67)37-18-35-33(16-31(26)37)41(42-43(51)45(53)47(46(54)44(42)52)68-24-40(57)58)34-17-32-29(25-69(59,60)61)21-49(4,5)55(38(32)19-36(34)50(35,6)7)22-27-12-14-30(15-13-27)70(62,63)64/h8-21H,22-25H2,1-7H3,(H3-,57,58,59,60,61,62,63,64,65,66,67)/p+1. The van der Waals surface area contributed by atoms with Crippen LogP contribution in [-0.4, -0.2) is 72.6 Å². The summed E-state index contributed by atoms with van der Waals surface area (Å²) in [5.41, 5.74) is -1.25. The summed E-state index contributed by atoms with van der Waals surface area (Å²) in [6.45, 7) is 12.6. The molecule has 0 saturated carbocycles. The van der Waals surface area contributed by atoms with E-state index in [1.165, 1.54) is 42.5 Å². The molecule has 1 aliphatic carbocycles. The lowest BCUT2D eigenvalue weighted by Gasteiger charge is -2.45. The van der Waals surface area contributed by atoms with Gasteiger partial charge in [-0.2, -0.15) is 25.3 Å². The van der Waals surface area contributed by atoms with Crippen molar-refractivity contribution in [1.82, 2.24) is 4.58 Å². The predicted molar refractivity (Wildman–Crippen MR) is 260 cm³/mol. The zero-order valence-electron chi connectivity index (χ0n) is 39.1. The molecule has 0 radical (unpaired) electrons. The van der Waals surface area contributed by atoms with Crippen LogP contribution in [0.4, 0.5) is 23.2 Å². The van der Waals surface area contributed by atoms with Gasteiger partial charge in [-0.15, -0.1) is 11.8 Å². The van der Waals surface area contributed by atoms with Crippen molar-refractivity contribution >= 4 is 70.5 Å². The molecule has 0 atom stereocenters. The summed E-state index contributed by atoms with van der Waals surface area (Å²) in [7, 11) is -14.0. The van der Waals surface area contributed by atoms with Gasteiger partial charge in [0.25, 0.3) is 30.4 Å². The first-order valence-electron chi connectivity index (χ1n) is 21.7. The number of rotatable bonds is 12. The molecule has 71 heavy (non-hydrogen) atoms. The van der Waals surface area contributed by atoms with E-state index in [1.807, 2.05) is 29.4 Å². The predicted octanol–water partition coefficient (Wildman–Crippen LogP) is 7.76. The van der Waals surface area contributed by atoms with Crippen molar-refractivity contribution in [2.75, 3.05) is 16.4 Å². The largest absolute Gasteiger partial charge is 0.481 e. The number of benzene rings is 5. The van der Waals surface area contributed by atoms with Crippen LogP contribution in [0.15, 0.2) is 99.6 Å². The van der Waals surface area contributed by atoms with E-state index in [0.717, 1.165) is 0 Å². The maximum absolute atomic E-state index is 17.1. The van der Waals surface area contributed by atoms with Crippen molar-refractivity contribution in [1.29, 1.82) is 0 Å². The minimum Gasteiger partial charge on any atom is -0.481 e. The molecule has 0 unspecified atom stereocenters. The highest BCUT2D eigenvalue weighted by Gasteiger charge is 2.43. The summed E-state index contributed by atoms with van der Waals surface area (Å²) in [4.78, 5) is 11.4. The maximum atomic E-state index is 17.1. The van der Waals surface area contributed by atoms with Gasteiger partial charge in [0.1, 0.15) is 5.75 Å². The van der Waals surface area contributed by atoms with E-state index < -0.39 is 98.1 Å². The third kappa shape index (κ3) is 9.37. The number of fused-ring (bicyclic) bond motifs is 4. The highest BCUT2D eigenvalue weighted by atomic mass is 32.2. The van der Waals surface area contributed by atoms with Crippen molar-refractivity contribution < 1.29 is 66.4 Å². The van der Waals surface area contributed by atoms with Gasteiger partial charge in [-0.05, 0) is 102 Å². The van der Waals surface area contributed by atoms with E-state index in [2.05, 4.69) is 0 Å². The summed E-state index contributed by atoms with van der Waals surface area (Å²) >= 11 is 0.0442. The highest BCUT2D eigenvalue weighted by molar-refractivity contribution is 8.00. The number of aliphatic carboxylic acids is 1. The van der Waals surface area contributed by atoms with Gasteiger partial charge in [0.15, 0.2) is 35.4 Å². The number of thioether (sulfide) groups is 1. The van der Waals surface area contributed by atoms with E-state index in [4.69, 9.17) is 0 Å². The Labute approximate surface area is 411 Å². The molecule has 8 rings (SSSR count). The first-order chi connectivity index (χ1) is 32.7. The van der Waals surface area contributed by atoms with E-state index in [0.29, 0.717) is 38.9 Å². The summed E-state index contributed by atoms with van der Waals surface area (Å²) in [5.74, 6) is -10.8. The van der Waals surface area contributed by atoms with Crippen molar-refractivity contribution in [2.24, 2.45) is 0 Å². The molecule has 2 aliphatic heterocycles. The average molecular weight is 1060 g/mol. The Morgan fingerprint density at radius 3 is 1.93 bits per heavy atom. The number of carboxylic acids is 1. The summed E-state index contributed by atoms with van der Waals surface area (Å²) < 4.78 is 173. The number of carboxylic acid groups (broad SMARTS) is 1. The first-order valence-corrected chi connectivity index (χ1v) is 27.2. The number of halogens is 4. The third-order valence-corrected chi connectivity index (χ3v) is 16.8. The zero-order chi connectivity index (χ0) is 52.3. The molecule has 2 heterocycles. The van der Waals surface area contributed by atoms with Gasteiger partial charge in [-0.3, -0.25) is 18.5 Å². The number of hydrogen-bond acceptors (Lipinski definition) is 9. The molecule has 4 N–H and O–H groups in total. The fourth-order valence-corrected chi connectivity index (χ4v) is 12.6. The molecule has 0 aromatic heterocycles. The second-order valence-electron chi connectivity index (χ2n) is 19.4. The van der Waals surface area contributed by atoms with Gasteiger partial charge < -0.3 is 10.0 Å². The quantitative estimate of drug-likeness (QED) is 0.0310. The van der Waals surface area contributed by atoms with E-state index in [1.54, 1.807) is 71.0 Å². The molecule has 0 saturated heterocycles. The Kier molecular flexibility index (Phi) is 12.8. The van der Waals surface area contributed by atoms with Crippen LogP contribution in [0.3, 0.4) is 0 Å². The summed E-state index contributed by atoms with van der Waals surface area (Å²) in [5, 5.41) is 9.64. The SMILES string of the molecule is CC1=CC(C)(C)N(Cc2ccccc2S(=O)(=O)O)c2cc3c(cc21)C(c1c(F)c(F)c(SCC(=O)O)c(F)c1F)=c1cc2c(cc1C3(C)C)=[N+](Cc1ccc(S(=O)(=O)O)cc1)C(C)(C)C=C2CS(=O)(=O)O. The van der Waals surface area contributed by atoms with Crippen LogP contribution in [0.1, 0.15) is 93.0 Å². The molecule has 5 aromatic carbocycles. The summed E-state index contributed by atoms with van der Waals surface area (Å²) in [6.07, 6.45) is 3.45. The molecule has 374 valence electrons. The van der Waals surface area contributed by atoms with Gasteiger partial charge in [0.05, 0.1) is 37.1 Å². The molecule has 0 spiro atoms. The molecule has 3 aliphatic rings. The lowest BCUT2D eigenvalue weighted by molar-refractivity contribution is -0.133. The van der Waals surface area contributed by atoms with Gasteiger partial charge in [0.2, 0.25) is 5.36 Å². The van der Waals surface area contributed by atoms with Crippen LogP contribution in [0.25, 0.3) is 16.7 Å². The van der Waals surface area contributed by atoms with Crippen LogP contribution in [0.5, 0.6) is 0 Å². The topological polar surface area (TPSA) is 207 Å². The number of nitrogens with zero attached hydrogens (tertiary/aromatic N) is 2. The minimum atomic E-state index is -4.77. The molecule has 5 aromatic rings. The number of anilines is 1. The van der Waals surface area contributed by atoms with Crippen molar-refractivity contribution in [2.45, 2.75) is 92.7 Å². The zero-order valence-corrected chi connectivity index (χ0v) is 42.4. The van der Waals surface area contributed by atoms with E-state index >= 15 is 17.6 Å². The minimum absolute atomic E-state index is 0.0128. The van der Waals surface area contributed by atoms with E-state index in [9.17, 15) is 48.8 Å². The number of carbonyl (C=O) groups is 1. The molecule has 0 amide bonds. The first kappa shape index (κ1) is 51.7. The second kappa shape index (κ2) is 17.5. The Bertz CT molecular complexity index is 3690.